The molecule has 6 nitrogen and oxygen atoms in total. The molecule has 0 aliphatic carbocycles. The number of rotatable bonds is 4. The number of hydrogen-bond donors (Lipinski definition) is 1. The smallest absolute Gasteiger partial charge is 0.267 e. The van der Waals surface area contributed by atoms with Crippen LogP contribution in [0.1, 0.15) is 15.2 Å². The first kappa shape index (κ1) is 14.9. The van der Waals surface area contributed by atoms with Gasteiger partial charge in [-0.25, -0.2) is 5.43 Å². The zero-order valence-electron chi connectivity index (χ0n) is 11.8. The highest BCUT2D eigenvalue weighted by molar-refractivity contribution is 7.16. The van der Waals surface area contributed by atoms with Gasteiger partial charge in [-0.15, -0.1) is 0 Å². The van der Waals surface area contributed by atoms with E-state index in [1.165, 1.54) is 12.3 Å². The summed E-state index contributed by atoms with van der Waals surface area (Å²) in [6.45, 7) is 0. The van der Waals surface area contributed by atoms with Gasteiger partial charge in [0, 0.05) is 11.6 Å². The minimum Gasteiger partial charge on any atom is -0.267 e. The van der Waals surface area contributed by atoms with Gasteiger partial charge in [-0.1, -0.05) is 41.7 Å². The number of amides is 1. The number of nitrogens with zero attached hydrogens (tertiary/aromatic N) is 2. The third kappa shape index (κ3) is 3.41. The second kappa shape index (κ2) is 6.37. The van der Waals surface area contributed by atoms with Gasteiger partial charge in [0.1, 0.15) is 0 Å². The van der Waals surface area contributed by atoms with E-state index < -0.39 is 4.92 Å². The monoisotopic (exact) mass is 325 g/mol. The highest BCUT2D eigenvalue weighted by atomic mass is 32.1. The van der Waals surface area contributed by atoms with Crippen molar-refractivity contribution in [2.24, 2.45) is 5.10 Å². The highest BCUT2D eigenvalue weighted by Gasteiger charge is 2.08. The summed E-state index contributed by atoms with van der Waals surface area (Å²) in [5.41, 5.74) is 2.92. The van der Waals surface area contributed by atoms with E-state index in [4.69, 9.17) is 0 Å². The van der Waals surface area contributed by atoms with Crippen LogP contribution in [-0.4, -0.2) is 17.0 Å². The lowest BCUT2D eigenvalue weighted by molar-refractivity contribution is -0.380. The van der Waals surface area contributed by atoms with E-state index in [-0.39, 0.29) is 10.9 Å². The molecule has 2 aromatic carbocycles. The topological polar surface area (TPSA) is 84.6 Å². The third-order valence-electron chi connectivity index (χ3n) is 3.16. The summed E-state index contributed by atoms with van der Waals surface area (Å²) >= 11 is 0.991. The normalized spacial score (nSPS) is 11.0. The van der Waals surface area contributed by atoms with Crippen LogP contribution >= 0.6 is 11.3 Å². The van der Waals surface area contributed by atoms with Crippen LogP contribution in [0.2, 0.25) is 0 Å². The highest BCUT2D eigenvalue weighted by Crippen LogP contribution is 2.22. The second-order valence-corrected chi connectivity index (χ2v) is 5.79. The van der Waals surface area contributed by atoms with Crippen molar-refractivity contribution >= 4 is 39.2 Å². The largest absolute Gasteiger partial charge is 0.324 e. The molecule has 0 bridgehead atoms. The van der Waals surface area contributed by atoms with Crippen LogP contribution in [0.25, 0.3) is 10.8 Å². The lowest BCUT2D eigenvalue weighted by atomic mass is 10.1. The minimum atomic E-state index is -0.463. The summed E-state index contributed by atoms with van der Waals surface area (Å²) in [5, 5.41) is 16.5. The maximum atomic E-state index is 12.1. The van der Waals surface area contributed by atoms with Crippen molar-refractivity contribution in [3.63, 3.8) is 0 Å². The summed E-state index contributed by atoms with van der Waals surface area (Å²) < 4.78 is 0. The van der Waals surface area contributed by atoms with E-state index in [0.717, 1.165) is 22.1 Å². The van der Waals surface area contributed by atoms with Crippen molar-refractivity contribution in [1.29, 1.82) is 0 Å². The number of fused-ring (bicyclic) bond motifs is 1. The van der Waals surface area contributed by atoms with Crippen molar-refractivity contribution in [3.05, 3.63) is 75.2 Å². The number of nitrogens with one attached hydrogen (secondary N) is 1. The summed E-state index contributed by atoms with van der Waals surface area (Å²) in [4.78, 5) is 22.8. The number of hydrazone groups is 1. The molecule has 0 aliphatic heterocycles. The molecule has 0 atom stereocenters. The Morgan fingerprint density at radius 3 is 2.65 bits per heavy atom. The number of benzene rings is 2. The molecule has 1 N–H and O–H groups in total. The molecule has 114 valence electrons. The first-order valence-electron chi connectivity index (χ1n) is 6.70. The molecular formula is C16H11N3O3S. The Kier molecular flexibility index (Phi) is 4.11. The quantitative estimate of drug-likeness (QED) is 0.452. The van der Waals surface area contributed by atoms with E-state index >= 15 is 0 Å². The van der Waals surface area contributed by atoms with Crippen molar-refractivity contribution in [2.75, 3.05) is 0 Å². The molecule has 0 unspecified atom stereocenters. The van der Waals surface area contributed by atoms with E-state index in [1.807, 2.05) is 30.3 Å². The zero-order valence-corrected chi connectivity index (χ0v) is 12.6. The molecule has 0 saturated heterocycles. The van der Waals surface area contributed by atoms with Gasteiger partial charge in [-0.05, 0) is 29.0 Å². The lowest BCUT2D eigenvalue weighted by Gasteiger charge is -2.02. The molecule has 3 aromatic rings. The third-order valence-corrected chi connectivity index (χ3v) is 4.13. The summed E-state index contributed by atoms with van der Waals surface area (Å²) in [6.07, 6.45) is 1.39. The van der Waals surface area contributed by atoms with Crippen molar-refractivity contribution in [1.82, 2.24) is 5.43 Å². The summed E-state index contributed by atoms with van der Waals surface area (Å²) in [7, 11) is 0. The molecule has 0 aliphatic rings. The van der Waals surface area contributed by atoms with Crippen LogP contribution in [0.3, 0.4) is 0 Å². The Morgan fingerprint density at radius 1 is 1.13 bits per heavy atom. The van der Waals surface area contributed by atoms with Gasteiger partial charge in [0.2, 0.25) is 0 Å². The van der Waals surface area contributed by atoms with Gasteiger partial charge >= 0.3 is 5.00 Å². The number of thiophene rings is 1. The van der Waals surface area contributed by atoms with Gasteiger partial charge in [-0.3, -0.25) is 14.9 Å². The first-order valence-corrected chi connectivity index (χ1v) is 7.51. The fraction of sp³-hybridized carbons (Fsp3) is 0. The van der Waals surface area contributed by atoms with Gasteiger partial charge in [0.05, 0.1) is 16.0 Å². The van der Waals surface area contributed by atoms with Crippen LogP contribution in [-0.2, 0) is 0 Å². The van der Waals surface area contributed by atoms with Crippen molar-refractivity contribution in [2.45, 2.75) is 0 Å². The number of nitro groups is 1. The van der Waals surface area contributed by atoms with Crippen LogP contribution in [0.5, 0.6) is 0 Å². The SMILES string of the molecule is O=C(NN=Cc1ccc([N+](=O)[O-])s1)c1ccc2ccccc2c1. The predicted molar refractivity (Wildman–Crippen MR) is 90.0 cm³/mol. The van der Waals surface area contributed by atoms with Gasteiger partial charge in [0.25, 0.3) is 5.91 Å². The fourth-order valence-corrected chi connectivity index (χ4v) is 2.75. The maximum Gasteiger partial charge on any atom is 0.324 e. The van der Waals surface area contributed by atoms with E-state index in [0.29, 0.717) is 10.4 Å². The number of hydrogen-bond acceptors (Lipinski definition) is 5. The average molecular weight is 325 g/mol. The molecule has 23 heavy (non-hydrogen) atoms. The van der Waals surface area contributed by atoms with E-state index in [2.05, 4.69) is 10.5 Å². The Hall–Kier alpha value is -3.06. The predicted octanol–water partition coefficient (Wildman–Crippen LogP) is 3.57. The van der Waals surface area contributed by atoms with Gasteiger partial charge < -0.3 is 0 Å². The molecule has 0 radical (unpaired) electrons. The Morgan fingerprint density at radius 2 is 1.91 bits per heavy atom. The molecule has 0 saturated carbocycles. The van der Waals surface area contributed by atoms with Crippen molar-refractivity contribution < 1.29 is 9.72 Å². The van der Waals surface area contributed by atoms with Crippen LogP contribution in [0, 0.1) is 10.1 Å². The number of carbonyl (C=O) groups is 1. The molecule has 1 heterocycles. The standard InChI is InChI=1S/C16H11N3O3S/c20-16(13-6-5-11-3-1-2-4-12(11)9-13)18-17-10-14-7-8-15(23-14)19(21)22/h1-10H,(H,18,20). The van der Waals surface area contributed by atoms with E-state index in [9.17, 15) is 14.9 Å². The fourth-order valence-electron chi connectivity index (χ4n) is 2.06. The van der Waals surface area contributed by atoms with Crippen LogP contribution in [0.15, 0.2) is 59.7 Å². The lowest BCUT2D eigenvalue weighted by Crippen LogP contribution is -2.17. The average Bonchev–Trinajstić information content (AvgIpc) is 3.03. The molecule has 3 rings (SSSR count). The molecular weight excluding hydrogens is 314 g/mol. The molecule has 7 heteroatoms. The first-order chi connectivity index (χ1) is 11.1. The van der Waals surface area contributed by atoms with Gasteiger partial charge in [-0.2, -0.15) is 5.10 Å². The van der Waals surface area contributed by atoms with E-state index in [1.54, 1.807) is 18.2 Å². The molecule has 0 fully saturated rings. The molecule has 1 amide bonds. The Bertz CT molecular complexity index is 918. The molecule has 0 spiro atoms. The minimum absolute atomic E-state index is 0.0345. The second-order valence-electron chi connectivity index (χ2n) is 4.69. The Labute approximate surface area is 135 Å². The van der Waals surface area contributed by atoms with Crippen LogP contribution < -0.4 is 5.43 Å². The summed E-state index contributed by atoms with van der Waals surface area (Å²) in [6, 6.07) is 16.1. The maximum absolute atomic E-state index is 12.1. The molecule has 1 aromatic heterocycles. The Balaban J connectivity index is 1.70. The zero-order chi connectivity index (χ0) is 16.2. The van der Waals surface area contributed by atoms with Crippen molar-refractivity contribution in [3.8, 4) is 0 Å². The van der Waals surface area contributed by atoms with Crippen LogP contribution in [0.4, 0.5) is 5.00 Å². The van der Waals surface area contributed by atoms with Gasteiger partial charge in [0.15, 0.2) is 0 Å². The number of carbonyl (C=O) groups excluding carboxylic acids is 1. The summed E-state index contributed by atoms with van der Waals surface area (Å²) in [5.74, 6) is -0.335.